The molecule has 4 nitrogen and oxygen atoms in total. The number of anilines is 1. The SMILES string of the molecule is CCc1cc2c(N(C)CCC#N)nc(Cl)nc2s1. The van der Waals surface area contributed by atoms with E-state index in [2.05, 4.69) is 29.0 Å². The van der Waals surface area contributed by atoms with Crippen LogP contribution in [-0.2, 0) is 6.42 Å². The van der Waals surface area contributed by atoms with Crippen LogP contribution in [0.4, 0.5) is 5.82 Å². The normalized spacial score (nSPS) is 10.6. The number of rotatable bonds is 4. The molecule has 0 radical (unpaired) electrons. The van der Waals surface area contributed by atoms with Gasteiger partial charge in [0, 0.05) is 18.5 Å². The van der Waals surface area contributed by atoms with Crippen molar-refractivity contribution in [3.8, 4) is 6.07 Å². The Morgan fingerprint density at radius 1 is 1.50 bits per heavy atom. The number of hydrogen-bond donors (Lipinski definition) is 0. The summed E-state index contributed by atoms with van der Waals surface area (Å²) in [6.45, 7) is 2.75. The number of thiophene rings is 1. The van der Waals surface area contributed by atoms with Gasteiger partial charge in [-0.3, -0.25) is 0 Å². The average Bonchev–Trinajstić information content (AvgIpc) is 2.77. The maximum atomic E-state index is 8.64. The number of aryl methyl sites for hydroxylation is 1. The second-order valence-electron chi connectivity index (χ2n) is 3.93. The van der Waals surface area contributed by atoms with E-state index in [0.717, 1.165) is 22.5 Å². The summed E-state index contributed by atoms with van der Waals surface area (Å²) in [6.07, 6.45) is 1.43. The molecule has 2 heterocycles. The van der Waals surface area contributed by atoms with Crippen LogP contribution in [0, 0.1) is 11.3 Å². The molecule has 0 aliphatic rings. The first-order chi connectivity index (χ1) is 8.65. The van der Waals surface area contributed by atoms with Crippen molar-refractivity contribution < 1.29 is 0 Å². The Bertz CT molecular complexity index is 602. The largest absolute Gasteiger partial charge is 0.358 e. The van der Waals surface area contributed by atoms with Gasteiger partial charge in [0.25, 0.3) is 0 Å². The Balaban J connectivity index is 2.48. The van der Waals surface area contributed by atoms with Gasteiger partial charge in [-0.25, -0.2) is 4.98 Å². The molecule has 0 aromatic carbocycles. The number of nitrogens with zero attached hydrogens (tertiary/aromatic N) is 4. The number of hydrogen-bond acceptors (Lipinski definition) is 5. The van der Waals surface area contributed by atoms with Gasteiger partial charge in [-0.05, 0) is 24.1 Å². The van der Waals surface area contributed by atoms with E-state index in [9.17, 15) is 0 Å². The molecule has 0 saturated carbocycles. The van der Waals surface area contributed by atoms with E-state index >= 15 is 0 Å². The smallest absolute Gasteiger partial charge is 0.225 e. The Morgan fingerprint density at radius 3 is 2.94 bits per heavy atom. The molecule has 6 heteroatoms. The zero-order valence-corrected chi connectivity index (χ0v) is 11.8. The van der Waals surface area contributed by atoms with Crippen LogP contribution < -0.4 is 4.90 Å². The summed E-state index contributed by atoms with van der Waals surface area (Å²) in [5.41, 5.74) is 0. The second kappa shape index (κ2) is 5.51. The van der Waals surface area contributed by atoms with Crippen LogP contribution in [0.1, 0.15) is 18.2 Å². The van der Waals surface area contributed by atoms with Crippen molar-refractivity contribution in [1.82, 2.24) is 9.97 Å². The van der Waals surface area contributed by atoms with Crippen LogP contribution in [0.25, 0.3) is 10.2 Å². The quantitative estimate of drug-likeness (QED) is 0.807. The van der Waals surface area contributed by atoms with Crippen LogP contribution in [0.2, 0.25) is 5.28 Å². The lowest BCUT2D eigenvalue weighted by molar-refractivity contribution is 0.887. The number of aromatic nitrogens is 2. The van der Waals surface area contributed by atoms with Crippen molar-refractivity contribution in [2.45, 2.75) is 19.8 Å². The van der Waals surface area contributed by atoms with E-state index in [1.165, 1.54) is 4.88 Å². The lowest BCUT2D eigenvalue weighted by atomic mass is 10.3. The number of halogens is 1. The van der Waals surface area contributed by atoms with Crippen molar-refractivity contribution in [2.75, 3.05) is 18.5 Å². The number of fused-ring (bicyclic) bond motifs is 1. The molecule has 0 spiro atoms. The minimum atomic E-state index is 0.255. The standard InChI is InChI=1S/C12H13ClN4S/c1-3-8-7-9-10(17(2)6-4-5-14)15-12(13)16-11(9)18-8/h7H,3-4,6H2,1-2H3. The topological polar surface area (TPSA) is 52.8 Å². The summed E-state index contributed by atoms with van der Waals surface area (Å²) in [6, 6.07) is 4.24. The zero-order valence-electron chi connectivity index (χ0n) is 10.3. The fourth-order valence-corrected chi connectivity index (χ4v) is 2.90. The molecule has 0 fully saturated rings. The third kappa shape index (κ3) is 2.55. The van der Waals surface area contributed by atoms with Crippen LogP contribution in [0.3, 0.4) is 0 Å². The van der Waals surface area contributed by atoms with Gasteiger partial charge in [0.2, 0.25) is 5.28 Å². The molecular formula is C12H13ClN4S. The van der Waals surface area contributed by atoms with E-state index in [0.29, 0.717) is 13.0 Å². The van der Waals surface area contributed by atoms with Crippen molar-refractivity contribution >= 4 is 39.0 Å². The first kappa shape index (κ1) is 13.1. The summed E-state index contributed by atoms with van der Waals surface area (Å²) < 4.78 is 0. The molecule has 2 rings (SSSR count). The van der Waals surface area contributed by atoms with E-state index in [-0.39, 0.29) is 5.28 Å². The Morgan fingerprint density at radius 2 is 2.28 bits per heavy atom. The van der Waals surface area contributed by atoms with Crippen molar-refractivity contribution in [1.29, 1.82) is 5.26 Å². The highest BCUT2D eigenvalue weighted by molar-refractivity contribution is 7.18. The van der Waals surface area contributed by atoms with E-state index in [1.54, 1.807) is 11.3 Å². The summed E-state index contributed by atoms with van der Waals surface area (Å²) in [5.74, 6) is 0.802. The predicted molar refractivity (Wildman–Crippen MR) is 75.3 cm³/mol. The highest BCUT2D eigenvalue weighted by Crippen LogP contribution is 2.31. The summed E-state index contributed by atoms with van der Waals surface area (Å²) >= 11 is 7.59. The second-order valence-corrected chi connectivity index (χ2v) is 5.38. The minimum absolute atomic E-state index is 0.255. The Labute approximate surface area is 115 Å². The fraction of sp³-hybridized carbons (Fsp3) is 0.417. The van der Waals surface area contributed by atoms with Gasteiger partial charge in [0.1, 0.15) is 10.6 Å². The first-order valence-electron chi connectivity index (χ1n) is 5.69. The molecule has 0 atom stereocenters. The third-order valence-electron chi connectivity index (χ3n) is 2.67. The summed E-state index contributed by atoms with van der Waals surface area (Å²) in [7, 11) is 1.92. The molecule has 0 aliphatic heterocycles. The number of nitriles is 1. The van der Waals surface area contributed by atoms with Crippen LogP contribution in [0.15, 0.2) is 6.07 Å². The maximum Gasteiger partial charge on any atom is 0.225 e. The zero-order chi connectivity index (χ0) is 13.1. The minimum Gasteiger partial charge on any atom is -0.358 e. The lowest BCUT2D eigenvalue weighted by Gasteiger charge is -2.17. The van der Waals surface area contributed by atoms with Gasteiger partial charge in [0.15, 0.2) is 0 Å². The summed E-state index contributed by atoms with van der Waals surface area (Å²) in [4.78, 5) is 12.6. The molecule has 18 heavy (non-hydrogen) atoms. The molecule has 0 amide bonds. The summed E-state index contributed by atoms with van der Waals surface area (Å²) in [5, 5.41) is 9.91. The molecule has 0 saturated heterocycles. The molecule has 0 unspecified atom stereocenters. The van der Waals surface area contributed by atoms with Crippen LogP contribution in [-0.4, -0.2) is 23.6 Å². The van der Waals surface area contributed by atoms with Gasteiger partial charge in [-0.15, -0.1) is 11.3 Å². The third-order valence-corrected chi connectivity index (χ3v) is 4.01. The lowest BCUT2D eigenvalue weighted by Crippen LogP contribution is -2.19. The van der Waals surface area contributed by atoms with Crippen molar-refractivity contribution in [3.05, 3.63) is 16.2 Å². The first-order valence-corrected chi connectivity index (χ1v) is 6.89. The molecule has 0 aliphatic carbocycles. The predicted octanol–water partition coefficient (Wildman–Crippen LogP) is 3.26. The molecule has 0 N–H and O–H groups in total. The van der Waals surface area contributed by atoms with E-state index in [1.807, 2.05) is 11.9 Å². The molecule has 2 aromatic heterocycles. The van der Waals surface area contributed by atoms with Gasteiger partial charge < -0.3 is 4.90 Å². The molecule has 2 aromatic rings. The van der Waals surface area contributed by atoms with Crippen molar-refractivity contribution in [3.63, 3.8) is 0 Å². The Hall–Kier alpha value is -1.38. The molecular weight excluding hydrogens is 268 g/mol. The van der Waals surface area contributed by atoms with Crippen LogP contribution >= 0.6 is 22.9 Å². The fourth-order valence-electron chi connectivity index (χ4n) is 1.72. The van der Waals surface area contributed by atoms with E-state index < -0.39 is 0 Å². The highest BCUT2D eigenvalue weighted by Gasteiger charge is 2.13. The Kier molecular flexibility index (Phi) is 4.00. The highest BCUT2D eigenvalue weighted by atomic mass is 35.5. The maximum absolute atomic E-state index is 8.64. The average molecular weight is 281 g/mol. The van der Waals surface area contributed by atoms with E-state index in [4.69, 9.17) is 16.9 Å². The van der Waals surface area contributed by atoms with Gasteiger partial charge >= 0.3 is 0 Å². The monoisotopic (exact) mass is 280 g/mol. The van der Waals surface area contributed by atoms with Gasteiger partial charge in [-0.2, -0.15) is 10.2 Å². The molecule has 94 valence electrons. The van der Waals surface area contributed by atoms with Crippen molar-refractivity contribution in [2.24, 2.45) is 0 Å². The van der Waals surface area contributed by atoms with Gasteiger partial charge in [0.05, 0.1) is 17.9 Å². The molecule has 0 bridgehead atoms. The van der Waals surface area contributed by atoms with Gasteiger partial charge in [-0.1, -0.05) is 6.92 Å². The van der Waals surface area contributed by atoms with Crippen LogP contribution in [0.5, 0.6) is 0 Å².